The van der Waals surface area contributed by atoms with E-state index in [-0.39, 0.29) is 0 Å². The molecule has 2 fully saturated rings. The molecule has 1 aromatic rings. The van der Waals surface area contributed by atoms with E-state index in [4.69, 9.17) is 4.74 Å². The van der Waals surface area contributed by atoms with Crippen LogP contribution in [0.2, 0.25) is 0 Å². The summed E-state index contributed by atoms with van der Waals surface area (Å²) in [5, 5.41) is 0. The molecule has 0 spiro atoms. The zero-order valence-electron chi connectivity index (χ0n) is 16.5. The summed E-state index contributed by atoms with van der Waals surface area (Å²) in [5.41, 5.74) is 2.80. The van der Waals surface area contributed by atoms with Gasteiger partial charge in [0.05, 0.1) is 13.2 Å². The highest BCUT2D eigenvalue weighted by Gasteiger charge is 2.30. The summed E-state index contributed by atoms with van der Waals surface area (Å²) >= 11 is 0. The van der Waals surface area contributed by atoms with Crippen LogP contribution < -0.4 is 0 Å². The van der Waals surface area contributed by atoms with Crippen molar-refractivity contribution in [3.8, 4) is 0 Å². The van der Waals surface area contributed by atoms with Gasteiger partial charge in [0.1, 0.15) is 0 Å². The van der Waals surface area contributed by atoms with Gasteiger partial charge in [-0.2, -0.15) is 0 Å². The maximum absolute atomic E-state index is 5.54. The quantitative estimate of drug-likeness (QED) is 0.377. The molecular formula is C25H36O. The van der Waals surface area contributed by atoms with Crippen LogP contribution in [0.5, 0.6) is 0 Å². The summed E-state index contributed by atoms with van der Waals surface area (Å²) in [6, 6.07) is 9.15. The SMILES string of the molecule is C=CCOCc1ccc(C2CCC(C3CCC(/C=C/C)CC3)CC2)cc1. The number of ether oxygens (including phenoxy) is 1. The van der Waals surface area contributed by atoms with E-state index in [2.05, 4.69) is 49.9 Å². The lowest BCUT2D eigenvalue weighted by atomic mass is 9.68. The van der Waals surface area contributed by atoms with Crippen LogP contribution in [-0.2, 0) is 11.3 Å². The van der Waals surface area contributed by atoms with Crippen LogP contribution in [0, 0.1) is 17.8 Å². The van der Waals surface area contributed by atoms with Crippen LogP contribution in [-0.4, -0.2) is 6.61 Å². The molecule has 0 N–H and O–H groups in total. The van der Waals surface area contributed by atoms with Crippen LogP contribution in [0.4, 0.5) is 0 Å². The Balaban J connectivity index is 1.44. The third-order valence-corrected chi connectivity index (χ3v) is 6.68. The fraction of sp³-hybridized carbons (Fsp3) is 0.600. The standard InChI is InChI=1S/C25H36O/c1-3-5-20-6-10-22(11-7-20)24-14-16-25(17-15-24)23-12-8-21(9-13-23)19-26-18-4-2/h3-5,8-9,12-13,20,22,24-25H,2,6-7,10-11,14-19H2,1H3/b5-3+. The highest BCUT2D eigenvalue weighted by Crippen LogP contribution is 2.44. The molecule has 3 rings (SSSR count). The summed E-state index contributed by atoms with van der Waals surface area (Å²) in [6.45, 7) is 7.17. The third kappa shape index (κ3) is 5.33. The first-order valence-corrected chi connectivity index (χ1v) is 10.7. The zero-order valence-corrected chi connectivity index (χ0v) is 16.5. The van der Waals surface area contributed by atoms with E-state index in [1.165, 1.54) is 62.5 Å². The number of benzene rings is 1. The first-order chi connectivity index (χ1) is 12.8. The molecule has 0 heterocycles. The first kappa shape index (κ1) is 19.4. The topological polar surface area (TPSA) is 9.23 Å². The molecule has 0 radical (unpaired) electrons. The van der Waals surface area contributed by atoms with Gasteiger partial charge in [0.25, 0.3) is 0 Å². The van der Waals surface area contributed by atoms with Crippen molar-refractivity contribution in [2.24, 2.45) is 17.8 Å². The Labute approximate surface area is 160 Å². The van der Waals surface area contributed by atoms with Crippen LogP contribution in [0.25, 0.3) is 0 Å². The lowest BCUT2D eigenvalue weighted by molar-refractivity contribution is 0.149. The molecule has 0 aromatic heterocycles. The highest BCUT2D eigenvalue weighted by atomic mass is 16.5. The Morgan fingerprint density at radius 2 is 1.54 bits per heavy atom. The summed E-state index contributed by atoms with van der Waals surface area (Å²) < 4.78 is 5.54. The van der Waals surface area contributed by atoms with Crippen LogP contribution in [0.3, 0.4) is 0 Å². The van der Waals surface area contributed by atoms with Gasteiger partial charge in [-0.15, -0.1) is 6.58 Å². The van der Waals surface area contributed by atoms with Crippen LogP contribution in [0.1, 0.15) is 75.3 Å². The van der Waals surface area contributed by atoms with Gasteiger partial charge in [-0.3, -0.25) is 0 Å². The molecule has 142 valence electrons. The molecule has 1 nitrogen and oxygen atoms in total. The number of hydrogen-bond acceptors (Lipinski definition) is 1. The number of hydrogen-bond donors (Lipinski definition) is 0. The van der Waals surface area contributed by atoms with Crippen molar-refractivity contribution in [2.45, 2.75) is 70.8 Å². The van der Waals surface area contributed by atoms with E-state index in [0.29, 0.717) is 13.2 Å². The van der Waals surface area contributed by atoms with Crippen molar-refractivity contribution in [3.05, 3.63) is 60.2 Å². The zero-order chi connectivity index (χ0) is 18.2. The summed E-state index contributed by atoms with van der Waals surface area (Å²) in [7, 11) is 0. The van der Waals surface area contributed by atoms with Crippen molar-refractivity contribution >= 4 is 0 Å². The fourth-order valence-corrected chi connectivity index (χ4v) is 5.15. The highest BCUT2D eigenvalue weighted by molar-refractivity contribution is 5.25. The van der Waals surface area contributed by atoms with Gasteiger partial charge in [-0.1, -0.05) is 42.5 Å². The fourth-order valence-electron chi connectivity index (χ4n) is 5.15. The molecule has 0 amide bonds. The molecule has 2 aliphatic rings. The monoisotopic (exact) mass is 352 g/mol. The second kappa shape index (κ2) is 10.1. The Bertz CT molecular complexity index is 554. The molecule has 0 saturated heterocycles. The van der Waals surface area contributed by atoms with Crippen LogP contribution >= 0.6 is 0 Å². The normalized spacial score (nSPS) is 29.7. The largest absolute Gasteiger partial charge is 0.373 e. The molecule has 1 aromatic carbocycles. The van der Waals surface area contributed by atoms with Crippen molar-refractivity contribution < 1.29 is 4.74 Å². The Morgan fingerprint density at radius 1 is 0.923 bits per heavy atom. The van der Waals surface area contributed by atoms with Gasteiger partial charge in [0.2, 0.25) is 0 Å². The smallest absolute Gasteiger partial charge is 0.0721 e. The molecule has 0 atom stereocenters. The molecule has 0 aliphatic heterocycles. The van der Waals surface area contributed by atoms with Crippen molar-refractivity contribution in [3.63, 3.8) is 0 Å². The second-order valence-electron chi connectivity index (χ2n) is 8.36. The van der Waals surface area contributed by atoms with E-state index >= 15 is 0 Å². The van der Waals surface area contributed by atoms with Gasteiger partial charge in [-0.25, -0.2) is 0 Å². The minimum atomic E-state index is 0.627. The molecular weight excluding hydrogens is 316 g/mol. The number of allylic oxidation sites excluding steroid dienone is 2. The molecule has 0 bridgehead atoms. The molecule has 26 heavy (non-hydrogen) atoms. The lowest BCUT2D eigenvalue weighted by Gasteiger charge is -2.37. The van der Waals surface area contributed by atoms with Gasteiger partial charge < -0.3 is 4.74 Å². The van der Waals surface area contributed by atoms with E-state index < -0.39 is 0 Å². The van der Waals surface area contributed by atoms with E-state index in [1.54, 1.807) is 6.08 Å². The maximum Gasteiger partial charge on any atom is 0.0721 e. The Morgan fingerprint density at radius 3 is 2.12 bits per heavy atom. The number of rotatable bonds is 7. The van der Waals surface area contributed by atoms with Gasteiger partial charge in [-0.05, 0) is 93.1 Å². The van der Waals surface area contributed by atoms with Gasteiger partial charge in [0, 0.05) is 0 Å². The van der Waals surface area contributed by atoms with Crippen molar-refractivity contribution in [1.29, 1.82) is 0 Å². The first-order valence-electron chi connectivity index (χ1n) is 10.7. The maximum atomic E-state index is 5.54. The lowest BCUT2D eigenvalue weighted by Crippen LogP contribution is -2.25. The second-order valence-corrected chi connectivity index (χ2v) is 8.36. The van der Waals surface area contributed by atoms with Crippen molar-refractivity contribution in [1.82, 2.24) is 0 Å². The molecule has 1 heteroatoms. The average molecular weight is 353 g/mol. The van der Waals surface area contributed by atoms with Crippen LogP contribution in [0.15, 0.2) is 49.1 Å². The molecule has 0 unspecified atom stereocenters. The summed E-state index contributed by atoms with van der Waals surface area (Å²) in [4.78, 5) is 0. The minimum absolute atomic E-state index is 0.627. The van der Waals surface area contributed by atoms with Gasteiger partial charge in [0.15, 0.2) is 0 Å². The predicted molar refractivity (Wildman–Crippen MR) is 111 cm³/mol. The predicted octanol–water partition coefficient (Wildman–Crippen LogP) is 7.05. The summed E-state index contributed by atoms with van der Waals surface area (Å²) in [5.74, 6) is 3.63. The third-order valence-electron chi connectivity index (χ3n) is 6.68. The Kier molecular flexibility index (Phi) is 7.55. The summed E-state index contributed by atoms with van der Waals surface area (Å²) in [6.07, 6.45) is 17.9. The van der Waals surface area contributed by atoms with Gasteiger partial charge >= 0.3 is 0 Å². The van der Waals surface area contributed by atoms with E-state index in [1.807, 2.05) is 0 Å². The minimum Gasteiger partial charge on any atom is -0.373 e. The van der Waals surface area contributed by atoms with E-state index in [9.17, 15) is 0 Å². The molecule has 2 aliphatic carbocycles. The van der Waals surface area contributed by atoms with Crippen molar-refractivity contribution in [2.75, 3.05) is 6.61 Å². The average Bonchev–Trinajstić information content (AvgIpc) is 2.70. The molecule has 2 saturated carbocycles. The Hall–Kier alpha value is -1.34. The van der Waals surface area contributed by atoms with E-state index in [0.717, 1.165) is 23.7 Å².